The summed E-state index contributed by atoms with van der Waals surface area (Å²) in [5.41, 5.74) is 3.55. The van der Waals surface area contributed by atoms with Crippen molar-refractivity contribution in [3.63, 3.8) is 0 Å². The van der Waals surface area contributed by atoms with Crippen LogP contribution in [0.3, 0.4) is 0 Å². The maximum atomic E-state index is 12.4. The molecule has 1 aromatic heterocycles. The van der Waals surface area contributed by atoms with E-state index in [4.69, 9.17) is 0 Å². The molecule has 0 aliphatic rings. The highest BCUT2D eigenvalue weighted by Gasteiger charge is 2.13. The monoisotopic (exact) mass is 333 g/mol. The fraction of sp³-hybridized carbons (Fsp3) is 0.238. The Morgan fingerprint density at radius 1 is 1.12 bits per heavy atom. The van der Waals surface area contributed by atoms with Crippen molar-refractivity contribution < 1.29 is 4.79 Å². The summed E-state index contributed by atoms with van der Waals surface area (Å²) in [6.07, 6.45) is 2.16. The Kier molecular flexibility index (Phi) is 5.29. The summed E-state index contributed by atoms with van der Waals surface area (Å²) in [5.74, 6) is 0.906. The minimum atomic E-state index is 0.00217. The number of nitrogens with zero attached hydrogens (tertiary/aromatic N) is 2. The Morgan fingerprint density at radius 2 is 1.92 bits per heavy atom. The van der Waals surface area contributed by atoms with Crippen LogP contribution < -0.4 is 5.32 Å². The first kappa shape index (κ1) is 17.0. The molecule has 0 bridgehead atoms. The van der Waals surface area contributed by atoms with Gasteiger partial charge < -0.3 is 5.32 Å². The lowest BCUT2D eigenvalue weighted by Gasteiger charge is -2.13. The number of rotatable bonds is 6. The maximum Gasteiger partial charge on any atom is 0.226 e. The molecule has 1 atom stereocenters. The first-order valence-corrected chi connectivity index (χ1v) is 8.54. The second kappa shape index (κ2) is 7.79. The highest BCUT2D eigenvalue weighted by atomic mass is 16.1. The molecular weight excluding hydrogens is 310 g/mol. The number of amides is 1. The molecule has 0 saturated heterocycles. The van der Waals surface area contributed by atoms with E-state index in [-0.39, 0.29) is 11.8 Å². The Balaban J connectivity index is 1.63. The quantitative estimate of drug-likeness (QED) is 0.728. The molecule has 1 amide bonds. The summed E-state index contributed by atoms with van der Waals surface area (Å²) in [4.78, 5) is 12.4. The van der Waals surface area contributed by atoms with Crippen molar-refractivity contribution in [1.29, 1.82) is 0 Å². The maximum absolute atomic E-state index is 12.4. The number of hydrogen-bond donors (Lipinski definition) is 1. The van der Waals surface area contributed by atoms with Crippen molar-refractivity contribution >= 4 is 11.7 Å². The third-order valence-corrected chi connectivity index (χ3v) is 4.26. The predicted molar refractivity (Wildman–Crippen MR) is 101 cm³/mol. The molecule has 0 spiro atoms. The number of hydrogen-bond acceptors (Lipinski definition) is 2. The van der Waals surface area contributed by atoms with E-state index < -0.39 is 0 Å². The number of nitrogens with one attached hydrogen (secondary N) is 1. The van der Waals surface area contributed by atoms with Crippen LogP contribution in [0.1, 0.15) is 36.0 Å². The van der Waals surface area contributed by atoms with Crippen LogP contribution in [-0.4, -0.2) is 15.7 Å². The molecule has 0 saturated carbocycles. The third-order valence-electron chi connectivity index (χ3n) is 4.26. The second-order valence-electron chi connectivity index (χ2n) is 6.43. The lowest BCUT2D eigenvalue weighted by Crippen LogP contribution is -2.17. The number of anilines is 1. The van der Waals surface area contributed by atoms with E-state index in [0.29, 0.717) is 13.0 Å². The van der Waals surface area contributed by atoms with Crippen LogP contribution in [-0.2, 0) is 11.3 Å². The molecule has 1 unspecified atom stereocenters. The summed E-state index contributed by atoms with van der Waals surface area (Å²) < 4.78 is 1.82. The third kappa shape index (κ3) is 4.57. The van der Waals surface area contributed by atoms with Crippen molar-refractivity contribution in [2.24, 2.45) is 0 Å². The van der Waals surface area contributed by atoms with E-state index in [1.165, 1.54) is 11.1 Å². The number of aromatic nitrogens is 2. The zero-order valence-electron chi connectivity index (χ0n) is 14.6. The average molecular weight is 333 g/mol. The zero-order chi connectivity index (χ0) is 17.6. The van der Waals surface area contributed by atoms with Gasteiger partial charge in [0, 0.05) is 12.5 Å². The molecule has 0 radical (unpaired) electrons. The van der Waals surface area contributed by atoms with Crippen molar-refractivity contribution in [3.05, 3.63) is 83.6 Å². The first-order chi connectivity index (χ1) is 12.1. The predicted octanol–water partition coefficient (Wildman–Crippen LogP) is 4.37. The molecule has 0 fully saturated rings. The van der Waals surface area contributed by atoms with Crippen molar-refractivity contribution in [1.82, 2.24) is 9.78 Å². The van der Waals surface area contributed by atoms with Crippen LogP contribution in [0, 0.1) is 6.92 Å². The normalized spacial score (nSPS) is 11.9. The Labute approximate surface area is 148 Å². The summed E-state index contributed by atoms with van der Waals surface area (Å²) in [5, 5.41) is 7.32. The standard InChI is InChI=1S/C21H23N3O/c1-16-7-6-8-18(13-16)15-24-20(11-12-22-24)23-21(25)14-17(2)19-9-4-3-5-10-19/h3-13,17H,14-15H2,1-2H3,(H,23,25). The minimum absolute atomic E-state index is 0.00217. The smallest absolute Gasteiger partial charge is 0.226 e. The van der Waals surface area contributed by atoms with E-state index in [1.54, 1.807) is 6.20 Å². The lowest BCUT2D eigenvalue weighted by molar-refractivity contribution is -0.116. The highest BCUT2D eigenvalue weighted by molar-refractivity contribution is 5.90. The Hall–Kier alpha value is -2.88. The Morgan fingerprint density at radius 3 is 2.68 bits per heavy atom. The summed E-state index contributed by atoms with van der Waals surface area (Å²) in [7, 11) is 0. The number of carbonyl (C=O) groups excluding carboxylic acids is 1. The SMILES string of the molecule is Cc1cccc(Cn2nccc2NC(=O)CC(C)c2ccccc2)c1. The van der Waals surface area contributed by atoms with Gasteiger partial charge in [0.05, 0.1) is 12.7 Å². The first-order valence-electron chi connectivity index (χ1n) is 8.54. The van der Waals surface area contributed by atoms with Crippen molar-refractivity contribution in [3.8, 4) is 0 Å². The van der Waals surface area contributed by atoms with Crippen LogP contribution in [0.4, 0.5) is 5.82 Å². The summed E-state index contributed by atoms with van der Waals surface area (Å²) >= 11 is 0. The number of benzene rings is 2. The molecule has 2 aromatic carbocycles. The minimum Gasteiger partial charge on any atom is -0.311 e. The van der Waals surface area contributed by atoms with Crippen LogP contribution >= 0.6 is 0 Å². The molecule has 3 aromatic rings. The van der Waals surface area contributed by atoms with Gasteiger partial charge in [0.15, 0.2) is 0 Å². The largest absolute Gasteiger partial charge is 0.311 e. The number of carbonyl (C=O) groups is 1. The topological polar surface area (TPSA) is 46.9 Å². The van der Waals surface area contributed by atoms with Gasteiger partial charge in [0.1, 0.15) is 5.82 Å². The van der Waals surface area contributed by atoms with Crippen LogP contribution in [0.15, 0.2) is 66.9 Å². The van der Waals surface area contributed by atoms with Crippen LogP contribution in [0.2, 0.25) is 0 Å². The molecule has 0 aliphatic carbocycles. The van der Waals surface area contributed by atoms with Crippen LogP contribution in [0.5, 0.6) is 0 Å². The molecule has 1 N–H and O–H groups in total. The van der Waals surface area contributed by atoms with Gasteiger partial charge in [-0.2, -0.15) is 5.10 Å². The molecular formula is C21H23N3O. The molecule has 1 heterocycles. The molecule has 128 valence electrons. The van der Waals surface area contributed by atoms with Gasteiger partial charge in [-0.1, -0.05) is 67.1 Å². The lowest BCUT2D eigenvalue weighted by atomic mass is 9.98. The molecule has 25 heavy (non-hydrogen) atoms. The van der Waals surface area contributed by atoms with E-state index in [1.807, 2.05) is 35.0 Å². The highest BCUT2D eigenvalue weighted by Crippen LogP contribution is 2.19. The zero-order valence-corrected chi connectivity index (χ0v) is 14.6. The summed E-state index contributed by atoms with van der Waals surface area (Å²) in [6.45, 7) is 4.78. The Bertz CT molecular complexity index is 839. The van der Waals surface area contributed by atoms with Gasteiger partial charge in [0.2, 0.25) is 5.91 Å². The van der Waals surface area contributed by atoms with Gasteiger partial charge in [0.25, 0.3) is 0 Å². The average Bonchev–Trinajstić information content (AvgIpc) is 3.02. The van der Waals surface area contributed by atoms with E-state index in [9.17, 15) is 4.79 Å². The van der Waals surface area contributed by atoms with E-state index >= 15 is 0 Å². The van der Waals surface area contributed by atoms with Gasteiger partial charge in [-0.3, -0.25) is 4.79 Å². The van der Waals surface area contributed by atoms with Gasteiger partial charge in [-0.25, -0.2) is 4.68 Å². The van der Waals surface area contributed by atoms with Gasteiger partial charge in [-0.05, 0) is 24.0 Å². The molecule has 4 nitrogen and oxygen atoms in total. The molecule has 4 heteroatoms. The van der Waals surface area contributed by atoms with E-state index in [2.05, 4.69) is 54.6 Å². The fourth-order valence-corrected chi connectivity index (χ4v) is 2.92. The van der Waals surface area contributed by atoms with Crippen molar-refractivity contribution in [2.75, 3.05) is 5.32 Å². The summed E-state index contributed by atoms with van der Waals surface area (Å²) in [6, 6.07) is 20.2. The van der Waals surface area contributed by atoms with Crippen LogP contribution in [0.25, 0.3) is 0 Å². The number of aryl methyl sites for hydroxylation is 1. The molecule has 3 rings (SSSR count). The fourth-order valence-electron chi connectivity index (χ4n) is 2.92. The second-order valence-corrected chi connectivity index (χ2v) is 6.43. The molecule has 0 aliphatic heterocycles. The van der Waals surface area contributed by atoms with E-state index in [0.717, 1.165) is 11.4 Å². The van der Waals surface area contributed by atoms with Crippen molar-refractivity contribution in [2.45, 2.75) is 32.7 Å². The van der Waals surface area contributed by atoms with Gasteiger partial charge in [-0.15, -0.1) is 0 Å². The van der Waals surface area contributed by atoms with Gasteiger partial charge >= 0.3 is 0 Å².